The molecule has 0 saturated heterocycles. The maximum atomic E-state index is 12.3. The third-order valence-corrected chi connectivity index (χ3v) is 3.41. The number of rotatable bonds is 9. The third-order valence-electron chi connectivity index (χ3n) is 3.41. The fourth-order valence-corrected chi connectivity index (χ4v) is 2.17. The van der Waals surface area contributed by atoms with E-state index in [4.69, 9.17) is 4.74 Å². The number of hydrogen-bond donors (Lipinski definition) is 2. The molecule has 0 saturated carbocycles. The van der Waals surface area contributed by atoms with E-state index in [1.165, 1.54) is 24.3 Å². The summed E-state index contributed by atoms with van der Waals surface area (Å²) in [6, 6.07) is 12.5. The molecule has 6 nitrogen and oxygen atoms in total. The molecule has 1 amide bonds. The van der Waals surface area contributed by atoms with Gasteiger partial charge in [0.05, 0.1) is 11.3 Å². The van der Waals surface area contributed by atoms with Gasteiger partial charge in [0, 0.05) is 12.2 Å². The molecule has 2 aromatic rings. The first kappa shape index (κ1) is 20.2. The number of para-hydroxylation sites is 1. The van der Waals surface area contributed by atoms with E-state index < -0.39 is 12.6 Å². The molecule has 2 rings (SSSR count). The van der Waals surface area contributed by atoms with Crippen molar-refractivity contribution in [2.24, 2.45) is 0 Å². The molecule has 0 spiro atoms. The van der Waals surface area contributed by atoms with Crippen molar-refractivity contribution in [1.29, 1.82) is 0 Å². The van der Waals surface area contributed by atoms with Crippen molar-refractivity contribution in [2.45, 2.75) is 20.0 Å². The fourth-order valence-electron chi connectivity index (χ4n) is 2.17. The van der Waals surface area contributed by atoms with Crippen LogP contribution in [0.25, 0.3) is 0 Å². The molecule has 0 radical (unpaired) electrons. The van der Waals surface area contributed by atoms with Crippen LogP contribution in [-0.2, 0) is 9.53 Å². The summed E-state index contributed by atoms with van der Waals surface area (Å²) in [5.41, 5.74) is 1.27. The highest BCUT2D eigenvalue weighted by Crippen LogP contribution is 2.24. The number of hydrogen-bond acceptors (Lipinski definition) is 5. The topological polar surface area (TPSA) is 76.7 Å². The zero-order chi connectivity index (χ0) is 19.6. The number of carbonyl (C=O) groups is 2. The monoisotopic (exact) mass is 378 g/mol. The lowest BCUT2D eigenvalue weighted by atomic mass is 10.1. The van der Waals surface area contributed by atoms with Gasteiger partial charge in [-0.2, -0.15) is 8.78 Å². The van der Waals surface area contributed by atoms with Crippen molar-refractivity contribution in [3.8, 4) is 5.75 Å². The number of nitrogens with one attached hydrogen (secondary N) is 2. The maximum Gasteiger partial charge on any atom is 0.387 e. The lowest BCUT2D eigenvalue weighted by Crippen LogP contribution is -2.29. The molecule has 0 unspecified atom stereocenters. The van der Waals surface area contributed by atoms with Crippen LogP contribution in [0.3, 0.4) is 0 Å². The van der Waals surface area contributed by atoms with Gasteiger partial charge in [0.15, 0.2) is 6.61 Å². The van der Waals surface area contributed by atoms with Crippen LogP contribution in [0.1, 0.15) is 23.7 Å². The Bertz CT molecular complexity index is 767. The number of ether oxygens (including phenoxy) is 2. The van der Waals surface area contributed by atoms with Crippen LogP contribution in [0.15, 0.2) is 48.5 Å². The smallest absolute Gasteiger partial charge is 0.387 e. The van der Waals surface area contributed by atoms with E-state index >= 15 is 0 Å². The number of alkyl halides is 2. The summed E-state index contributed by atoms with van der Waals surface area (Å²) in [6.45, 7) is -0.832. The standard InChI is InChI=1S/C19H20F2N2O4/c1-2-11-22-17(24)12-26-18(25)15-5-3-4-6-16(15)23-13-7-9-14(10-8-13)27-19(20)21/h3-10,19,23H,2,11-12H2,1H3,(H,22,24). The van der Waals surface area contributed by atoms with Gasteiger partial charge in [-0.1, -0.05) is 19.1 Å². The lowest BCUT2D eigenvalue weighted by molar-refractivity contribution is -0.124. The molecule has 2 aromatic carbocycles. The molecule has 2 N–H and O–H groups in total. The average molecular weight is 378 g/mol. The van der Waals surface area contributed by atoms with Gasteiger partial charge in [-0.25, -0.2) is 4.79 Å². The zero-order valence-electron chi connectivity index (χ0n) is 14.7. The molecule has 0 aliphatic carbocycles. The van der Waals surface area contributed by atoms with Gasteiger partial charge in [0.1, 0.15) is 5.75 Å². The van der Waals surface area contributed by atoms with Crippen molar-refractivity contribution in [1.82, 2.24) is 5.32 Å². The number of benzene rings is 2. The SMILES string of the molecule is CCCNC(=O)COC(=O)c1ccccc1Nc1ccc(OC(F)F)cc1. The molecule has 8 heteroatoms. The number of carbonyl (C=O) groups excluding carboxylic acids is 2. The van der Waals surface area contributed by atoms with E-state index in [-0.39, 0.29) is 23.8 Å². The summed E-state index contributed by atoms with van der Waals surface area (Å²) in [5.74, 6) is -0.992. The van der Waals surface area contributed by atoms with Crippen LogP contribution < -0.4 is 15.4 Å². The van der Waals surface area contributed by atoms with E-state index in [2.05, 4.69) is 15.4 Å². The molecule has 0 aromatic heterocycles. The zero-order valence-corrected chi connectivity index (χ0v) is 14.7. The molecule has 0 atom stereocenters. The molecular formula is C19H20F2N2O4. The summed E-state index contributed by atoms with van der Waals surface area (Å²) in [4.78, 5) is 23.8. The second kappa shape index (κ2) is 10.1. The Labute approximate surface area is 155 Å². The van der Waals surface area contributed by atoms with Crippen LogP contribution in [0.2, 0.25) is 0 Å². The minimum atomic E-state index is -2.89. The van der Waals surface area contributed by atoms with Crippen molar-refractivity contribution >= 4 is 23.3 Å². The van der Waals surface area contributed by atoms with E-state index in [0.717, 1.165) is 6.42 Å². The Morgan fingerprint density at radius 2 is 1.78 bits per heavy atom. The summed E-state index contributed by atoms with van der Waals surface area (Å²) in [7, 11) is 0. The highest BCUT2D eigenvalue weighted by Gasteiger charge is 2.14. The molecule has 0 bridgehead atoms. The normalized spacial score (nSPS) is 10.4. The van der Waals surface area contributed by atoms with Gasteiger partial charge in [-0.05, 0) is 42.8 Å². The van der Waals surface area contributed by atoms with Crippen molar-refractivity contribution in [3.05, 3.63) is 54.1 Å². The predicted molar refractivity (Wildman–Crippen MR) is 96.4 cm³/mol. The molecule has 0 heterocycles. The van der Waals surface area contributed by atoms with Crippen LogP contribution >= 0.6 is 0 Å². The van der Waals surface area contributed by atoms with Gasteiger partial charge >= 0.3 is 12.6 Å². The second-order valence-corrected chi connectivity index (χ2v) is 5.50. The summed E-state index contributed by atoms with van der Waals surface area (Å²) >= 11 is 0. The fraction of sp³-hybridized carbons (Fsp3) is 0.263. The first-order chi connectivity index (χ1) is 13.0. The quantitative estimate of drug-likeness (QED) is 0.651. The van der Waals surface area contributed by atoms with E-state index in [1.54, 1.807) is 24.3 Å². The summed E-state index contributed by atoms with van der Waals surface area (Å²) in [5, 5.41) is 5.63. The van der Waals surface area contributed by atoms with E-state index in [0.29, 0.717) is 17.9 Å². The van der Waals surface area contributed by atoms with Crippen LogP contribution in [-0.4, -0.2) is 31.6 Å². The third kappa shape index (κ3) is 6.58. The second-order valence-electron chi connectivity index (χ2n) is 5.50. The van der Waals surface area contributed by atoms with Crippen molar-refractivity contribution in [3.63, 3.8) is 0 Å². The van der Waals surface area contributed by atoms with Gasteiger partial charge in [0.2, 0.25) is 0 Å². The van der Waals surface area contributed by atoms with Crippen molar-refractivity contribution in [2.75, 3.05) is 18.5 Å². The van der Waals surface area contributed by atoms with Crippen molar-refractivity contribution < 1.29 is 27.8 Å². The van der Waals surface area contributed by atoms with Crippen LogP contribution in [0.5, 0.6) is 5.75 Å². The molecule has 27 heavy (non-hydrogen) atoms. The first-order valence-electron chi connectivity index (χ1n) is 8.34. The Kier molecular flexibility index (Phi) is 7.54. The highest BCUT2D eigenvalue weighted by molar-refractivity contribution is 5.97. The molecular weight excluding hydrogens is 358 g/mol. The number of halogens is 2. The Hall–Kier alpha value is -3.16. The largest absolute Gasteiger partial charge is 0.452 e. The van der Waals surface area contributed by atoms with Gasteiger partial charge in [0.25, 0.3) is 5.91 Å². The Balaban J connectivity index is 2.02. The Morgan fingerprint density at radius 1 is 1.07 bits per heavy atom. The van der Waals surface area contributed by atoms with Gasteiger partial charge in [-0.15, -0.1) is 0 Å². The minimum absolute atomic E-state index is 0.0290. The van der Waals surface area contributed by atoms with E-state index in [1.807, 2.05) is 6.92 Å². The first-order valence-corrected chi connectivity index (χ1v) is 8.34. The van der Waals surface area contributed by atoms with Crippen LogP contribution in [0, 0.1) is 0 Å². The average Bonchev–Trinajstić information content (AvgIpc) is 2.66. The number of amides is 1. The molecule has 0 aliphatic heterocycles. The highest BCUT2D eigenvalue weighted by atomic mass is 19.3. The molecule has 0 aliphatic rings. The number of anilines is 2. The molecule has 0 fully saturated rings. The minimum Gasteiger partial charge on any atom is -0.452 e. The van der Waals surface area contributed by atoms with E-state index in [9.17, 15) is 18.4 Å². The number of esters is 1. The van der Waals surface area contributed by atoms with Gasteiger partial charge in [-0.3, -0.25) is 4.79 Å². The summed E-state index contributed by atoms with van der Waals surface area (Å²) < 4.78 is 33.7. The maximum absolute atomic E-state index is 12.3. The summed E-state index contributed by atoms with van der Waals surface area (Å²) in [6.07, 6.45) is 0.785. The Morgan fingerprint density at radius 3 is 2.44 bits per heavy atom. The van der Waals surface area contributed by atoms with Gasteiger partial charge < -0.3 is 20.1 Å². The lowest BCUT2D eigenvalue weighted by Gasteiger charge is -2.12. The molecule has 144 valence electrons. The predicted octanol–water partition coefficient (Wildman–Crippen LogP) is 3.71. The van der Waals surface area contributed by atoms with Crippen LogP contribution in [0.4, 0.5) is 20.2 Å².